The standard InChI is InChI=1S/C18H16O3/c19-17-15-13-8-14(16(15)17)12-7-10(6-11(12)13)21-18(20)9-4-2-1-3-5-9/h1-6,10,12-16H,7-8H2/t10-,12+,13+,14-,15+,16-/m1/s1. The van der Waals surface area contributed by atoms with Gasteiger partial charge in [0.1, 0.15) is 11.9 Å². The highest BCUT2D eigenvalue weighted by molar-refractivity contribution is 6.02. The highest BCUT2D eigenvalue weighted by Gasteiger charge is 2.70. The largest absolute Gasteiger partial charge is 0.455 e. The first-order valence-electron chi connectivity index (χ1n) is 7.75. The van der Waals surface area contributed by atoms with Gasteiger partial charge in [-0.05, 0) is 48.8 Å². The van der Waals surface area contributed by atoms with Gasteiger partial charge in [-0.25, -0.2) is 4.79 Å². The van der Waals surface area contributed by atoms with E-state index in [9.17, 15) is 9.59 Å². The molecule has 106 valence electrons. The number of ether oxygens (including phenoxy) is 1. The van der Waals surface area contributed by atoms with Gasteiger partial charge >= 0.3 is 5.97 Å². The molecule has 3 saturated carbocycles. The van der Waals surface area contributed by atoms with Gasteiger partial charge in [-0.1, -0.05) is 23.8 Å². The Morgan fingerprint density at radius 2 is 1.86 bits per heavy atom. The van der Waals surface area contributed by atoms with Crippen LogP contribution in [0.4, 0.5) is 0 Å². The van der Waals surface area contributed by atoms with Crippen LogP contribution in [0.15, 0.2) is 42.0 Å². The SMILES string of the molecule is O=C(O[C@@H]1C=C2[C@H](C1)[C@H]1C[C@@H]2[C@@H]2C(=O)[C@H]12)c1ccccc1. The van der Waals surface area contributed by atoms with Crippen molar-refractivity contribution in [3.05, 3.63) is 47.5 Å². The van der Waals surface area contributed by atoms with E-state index >= 15 is 0 Å². The third-order valence-electron chi connectivity index (χ3n) is 5.86. The number of carbonyl (C=O) groups is 2. The van der Waals surface area contributed by atoms with Crippen LogP contribution in [0.5, 0.6) is 0 Å². The normalized spacial score (nSPS) is 41.5. The summed E-state index contributed by atoms with van der Waals surface area (Å²) in [5.41, 5.74) is 2.02. The Bertz CT molecular complexity index is 675. The predicted octanol–water partition coefficient (Wildman–Crippen LogP) is 2.62. The Hall–Kier alpha value is -1.90. The Balaban J connectivity index is 1.34. The van der Waals surface area contributed by atoms with Gasteiger partial charge in [0, 0.05) is 11.8 Å². The molecule has 0 aromatic heterocycles. The van der Waals surface area contributed by atoms with Crippen molar-refractivity contribution in [1.82, 2.24) is 0 Å². The lowest BCUT2D eigenvalue weighted by Gasteiger charge is -2.19. The third kappa shape index (κ3) is 1.49. The molecule has 21 heavy (non-hydrogen) atoms. The van der Waals surface area contributed by atoms with E-state index in [4.69, 9.17) is 4.74 Å². The van der Waals surface area contributed by atoms with Crippen LogP contribution < -0.4 is 0 Å². The van der Waals surface area contributed by atoms with Crippen molar-refractivity contribution in [3.63, 3.8) is 0 Å². The molecule has 1 aromatic carbocycles. The summed E-state index contributed by atoms with van der Waals surface area (Å²) in [6.07, 6.45) is 4.11. The number of rotatable bonds is 2. The van der Waals surface area contributed by atoms with E-state index in [0.29, 0.717) is 40.9 Å². The van der Waals surface area contributed by atoms with Crippen LogP contribution in [0.2, 0.25) is 0 Å². The summed E-state index contributed by atoms with van der Waals surface area (Å²) in [6, 6.07) is 9.14. The predicted molar refractivity (Wildman–Crippen MR) is 75.4 cm³/mol. The lowest BCUT2D eigenvalue weighted by Crippen LogP contribution is -2.18. The minimum Gasteiger partial charge on any atom is -0.455 e. The number of hydrogen-bond donors (Lipinski definition) is 0. The molecule has 3 nitrogen and oxygen atoms in total. The zero-order valence-corrected chi connectivity index (χ0v) is 11.6. The number of esters is 1. The number of allylic oxidation sites excluding steroid dienone is 1. The second kappa shape index (κ2) is 3.85. The summed E-state index contributed by atoms with van der Waals surface area (Å²) in [5, 5.41) is 0. The summed E-state index contributed by atoms with van der Waals surface area (Å²) in [5.74, 6) is 2.42. The average Bonchev–Trinajstić information content (AvgIpc) is 2.89. The van der Waals surface area contributed by atoms with Crippen LogP contribution >= 0.6 is 0 Å². The second-order valence-electron chi connectivity index (χ2n) is 6.78. The molecule has 3 heteroatoms. The third-order valence-corrected chi connectivity index (χ3v) is 5.86. The first kappa shape index (κ1) is 11.7. The molecule has 0 saturated heterocycles. The summed E-state index contributed by atoms with van der Waals surface area (Å²) in [4.78, 5) is 23.8. The van der Waals surface area contributed by atoms with Gasteiger partial charge in [0.2, 0.25) is 0 Å². The van der Waals surface area contributed by atoms with Crippen LogP contribution in [0, 0.1) is 29.6 Å². The molecule has 2 bridgehead atoms. The fourth-order valence-electron chi connectivity index (χ4n) is 5.02. The highest BCUT2D eigenvalue weighted by atomic mass is 16.5. The molecule has 0 amide bonds. The lowest BCUT2D eigenvalue weighted by molar-refractivity contribution is -0.113. The maximum Gasteiger partial charge on any atom is 0.338 e. The van der Waals surface area contributed by atoms with E-state index < -0.39 is 0 Å². The van der Waals surface area contributed by atoms with Crippen LogP contribution in [0.3, 0.4) is 0 Å². The summed E-state index contributed by atoms with van der Waals surface area (Å²) in [6.45, 7) is 0. The van der Waals surface area contributed by atoms with Crippen molar-refractivity contribution < 1.29 is 14.3 Å². The molecular weight excluding hydrogens is 264 g/mol. The zero-order valence-electron chi connectivity index (χ0n) is 11.6. The number of Topliss-reactive ketones (excluding diaryl/α,β-unsaturated/α-hetero) is 1. The van der Waals surface area contributed by atoms with E-state index in [2.05, 4.69) is 6.08 Å². The van der Waals surface area contributed by atoms with Crippen molar-refractivity contribution in [2.24, 2.45) is 29.6 Å². The molecule has 0 unspecified atom stereocenters. The number of ketones is 1. The van der Waals surface area contributed by atoms with Gasteiger partial charge < -0.3 is 4.74 Å². The minimum atomic E-state index is -0.244. The maximum absolute atomic E-state index is 12.1. The number of hydrogen-bond acceptors (Lipinski definition) is 3. The molecule has 0 aliphatic heterocycles. The Morgan fingerprint density at radius 1 is 1.05 bits per heavy atom. The van der Waals surface area contributed by atoms with Crippen molar-refractivity contribution in [3.8, 4) is 0 Å². The summed E-state index contributed by atoms with van der Waals surface area (Å²) < 4.78 is 5.63. The monoisotopic (exact) mass is 280 g/mol. The molecule has 0 spiro atoms. The molecule has 5 rings (SSSR count). The summed E-state index contributed by atoms with van der Waals surface area (Å²) >= 11 is 0. The molecule has 0 radical (unpaired) electrons. The zero-order chi connectivity index (χ0) is 14.1. The smallest absolute Gasteiger partial charge is 0.338 e. The van der Waals surface area contributed by atoms with Gasteiger partial charge in [-0.3, -0.25) is 4.79 Å². The second-order valence-corrected chi connectivity index (χ2v) is 6.78. The molecule has 4 aliphatic carbocycles. The summed E-state index contributed by atoms with van der Waals surface area (Å²) in [7, 11) is 0. The van der Waals surface area contributed by atoms with Gasteiger partial charge in [0.25, 0.3) is 0 Å². The average molecular weight is 280 g/mol. The lowest BCUT2D eigenvalue weighted by atomic mass is 9.86. The quantitative estimate of drug-likeness (QED) is 0.618. The molecule has 3 fully saturated rings. The number of carbonyl (C=O) groups excluding carboxylic acids is 2. The minimum absolute atomic E-state index is 0.101. The maximum atomic E-state index is 12.1. The van der Waals surface area contributed by atoms with Gasteiger partial charge in [0.05, 0.1) is 5.56 Å². The number of benzene rings is 1. The van der Waals surface area contributed by atoms with E-state index in [-0.39, 0.29) is 12.1 Å². The number of fused-ring (bicyclic) bond motifs is 8. The van der Waals surface area contributed by atoms with E-state index in [1.165, 1.54) is 12.0 Å². The topological polar surface area (TPSA) is 43.4 Å². The van der Waals surface area contributed by atoms with E-state index in [1.54, 1.807) is 12.1 Å². The fourth-order valence-corrected chi connectivity index (χ4v) is 5.02. The first-order chi connectivity index (χ1) is 10.2. The van der Waals surface area contributed by atoms with Gasteiger partial charge in [-0.2, -0.15) is 0 Å². The molecule has 4 aliphatic rings. The van der Waals surface area contributed by atoms with E-state index in [0.717, 1.165) is 6.42 Å². The van der Waals surface area contributed by atoms with Crippen molar-refractivity contribution in [2.45, 2.75) is 18.9 Å². The van der Waals surface area contributed by atoms with Crippen LogP contribution in [0.1, 0.15) is 23.2 Å². The first-order valence-corrected chi connectivity index (χ1v) is 7.75. The Labute approximate surface area is 123 Å². The Kier molecular flexibility index (Phi) is 2.15. The fraction of sp³-hybridized carbons (Fsp3) is 0.444. The van der Waals surface area contributed by atoms with Crippen LogP contribution in [-0.4, -0.2) is 17.9 Å². The van der Waals surface area contributed by atoms with Crippen LogP contribution in [0.25, 0.3) is 0 Å². The molecule has 0 heterocycles. The van der Waals surface area contributed by atoms with E-state index in [1.807, 2.05) is 18.2 Å². The highest BCUT2D eigenvalue weighted by Crippen LogP contribution is 2.69. The van der Waals surface area contributed by atoms with Crippen LogP contribution in [-0.2, 0) is 9.53 Å². The molecular formula is C18H16O3. The van der Waals surface area contributed by atoms with Crippen molar-refractivity contribution in [2.75, 3.05) is 0 Å². The molecule has 0 N–H and O–H groups in total. The van der Waals surface area contributed by atoms with Crippen molar-refractivity contribution >= 4 is 11.8 Å². The molecule has 6 atom stereocenters. The van der Waals surface area contributed by atoms with Gasteiger partial charge in [0.15, 0.2) is 0 Å². The van der Waals surface area contributed by atoms with Gasteiger partial charge in [-0.15, -0.1) is 0 Å². The van der Waals surface area contributed by atoms with Crippen molar-refractivity contribution in [1.29, 1.82) is 0 Å². The molecule has 1 aromatic rings. The Morgan fingerprint density at radius 3 is 2.67 bits per heavy atom.